The van der Waals surface area contributed by atoms with Crippen LogP contribution in [0.25, 0.3) is 0 Å². The summed E-state index contributed by atoms with van der Waals surface area (Å²) >= 11 is 1.70. The highest BCUT2D eigenvalue weighted by molar-refractivity contribution is 7.10. The van der Waals surface area contributed by atoms with E-state index >= 15 is 0 Å². The Morgan fingerprint density at radius 2 is 1.96 bits per heavy atom. The Morgan fingerprint density at radius 1 is 1.21 bits per heavy atom. The molecule has 0 saturated heterocycles. The summed E-state index contributed by atoms with van der Waals surface area (Å²) in [7, 11) is 3.23. The van der Waals surface area contributed by atoms with Crippen molar-refractivity contribution >= 4 is 28.8 Å². The molecule has 0 bridgehead atoms. The first-order valence-electron chi connectivity index (χ1n) is 9.25. The molecule has 0 aliphatic carbocycles. The first kappa shape index (κ1) is 21.9. The fourth-order valence-corrected chi connectivity index (χ4v) is 3.60. The number of anilines is 1. The third-order valence-electron chi connectivity index (χ3n) is 4.54. The van der Waals surface area contributed by atoms with Crippen LogP contribution in [0.3, 0.4) is 0 Å². The van der Waals surface area contributed by atoms with E-state index in [-0.39, 0.29) is 30.9 Å². The molecule has 0 atom stereocenters. The molecule has 1 aromatic heterocycles. The van der Waals surface area contributed by atoms with E-state index in [2.05, 4.69) is 42.4 Å². The van der Waals surface area contributed by atoms with Gasteiger partial charge in [0.05, 0.1) is 20.2 Å². The highest BCUT2D eigenvalue weighted by Crippen LogP contribution is 2.19. The highest BCUT2D eigenvalue weighted by atomic mass is 32.1. The summed E-state index contributed by atoms with van der Waals surface area (Å²) in [6.07, 6.45) is 0. The van der Waals surface area contributed by atoms with Crippen LogP contribution in [0.5, 0.6) is 5.75 Å². The van der Waals surface area contributed by atoms with Crippen LogP contribution in [0.15, 0.2) is 35.7 Å². The van der Waals surface area contributed by atoms with Crippen molar-refractivity contribution in [1.82, 2.24) is 9.80 Å². The van der Waals surface area contributed by atoms with Gasteiger partial charge in [0.25, 0.3) is 0 Å². The van der Waals surface area contributed by atoms with Crippen molar-refractivity contribution in [3.8, 4) is 5.75 Å². The Labute approximate surface area is 171 Å². The van der Waals surface area contributed by atoms with Crippen LogP contribution in [0.2, 0.25) is 0 Å². The van der Waals surface area contributed by atoms with Crippen molar-refractivity contribution < 1.29 is 14.3 Å². The van der Waals surface area contributed by atoms with Crippen molar-refractivity contribution in [1.29, 1.82) is 0 Å². The molecule has 1 heterocycles. The van der Waals surface area contributed by atoms with Crippen molar-refractivity contribution in [3.05, 3.63) is 46.2 Å². The van der Waals surface area contributed by atoms with Crippen LogP contribution in [-0.2, 0) is 16.1 Å². The average molecular weight is 404 g/mol. The quantitative estimate of drug-likeness (QED) is 0.697. The van der Waals surface area contributed by atoms with Crippen molar-refractivity contribution in [2.75, 3.05) is 32.6 Å². The van der Waals surface area contributed by atoms with E-state index in [1.54, 1.807) is 49.8 Å². The summed E-state index contributed by atoms with van der Waals surface area (Å²) < 4.78 is 5.15. The fourth-order valence-electron chi connectivity index (χ4n) is 2.67. The molecule has 0 unspecified atom stereocenters. The molecule has 0 fully saturated rings. The number of aryl methyl sites for hydroxylation is 1. The van der Waals surface area contributed by atoms with Gasteiger partial charge in [-0.05, 0) is 49.9 Å². The number of carbonyl (C=O) groups excluding carboxylic acids is 2. The number of likely N-dealkylation sites (N-methyl/N-ethyl adjacent to an activating group) is 1. The van der Waals surface area contributed by atoms with Gasteiger partial charge in [-0.2, -0.15) is 0 Å². The third-order valence-corrected chi connectivity index (χ3v) is 5.55. The molecule has 2 rings (SSSR count). The normalized spacial score (nSPS) is 11.0. The van der Waals surface area contributed by atoms with Crippen LogP contribution in [0.4, 0.5) is 5.69 Å². The largest absolute Gasteiger partial charge is 0.497 e. The van der Waals surface area contributed by atoms with Gasteiger partial charge in [0, 0.05) is 36.3 Å². The number of hydrogen-bond donors (Lipinski definition) is 1. The average Bonchev–Trinajstić information content (AvgIpc) is 3.05. The summed E-state index contributed by atoms with van der Waals surface area (Å²) in [4.78, 5) is 29.8. The smallest absolute Gasteiger partial charge is 0.243 e. The van der Waals surface area contributed by atoms with Crippen LogP contribution in [0, 0.1) is 6.92 Å². The molecule has 152 valence electrons. The molecule has 7 heteroatoms. The van der Waals surface area contributed by atoms with Gasteiger partial charge in [-0.1, -0.05) is 6.07 Å². The molecule has 1 aromatic carbocycles. The number of benzene rings is 1. The lowest BCUT2D eigenvalue weighted by Gasteiger charge is -2.28. The lowest BCUT2D eigenvalue weighted by Crippen LogP contribution is -2.43. The zero-order chi connectivity index (χ0) is 20.7. The summed E-state index contributed by atoms with van der Waals surface area (Å²) in [5.74, 6) is 0.344. The number of nitrogens with one attached hydrogen (secondary N) is 1. The van der Waals surface area contributed by atoms with Crippen LogP contribution in [0.1, 0.15) is 24.3 Å². The second-order valence-corrected chi connectivity index (χ2v) is 8.06. The molecule has 1 N–H and O–H groups in total. The Balaban J connectivity index is 1.90. The maximum absolute atomic E-state index is 12.6. The summed E-state index contributed by atoms with van der Waals surface area (Å²) in [5.41, 5.74) is 1.89. The molecule has 6 nitrogen and oxygen atoms in total. The van der Waals surface area contributed by atoms with Gasteiger partial charge in [-0.25, -0.2) is 0 Å². The Hall–Kier alpha value is -2.38. The molecular weight excluding hydrogens is 374 g/mol. The van der Waals surface area contributed by atoms with E-state index < -0.39 is 0 Å². The summed E-state index contributed by atoms with van der Waals surface area (Å²) in [6.45, 7) is 7.24. The van der Waals surface area contributed by atoms with Gasteiger partial charge in [0.2, 0.25) is 11.8 Å². The van der Waals surface area contributed by atoms with E-state index in [0.717, 1.165) is 6.54 Å². The molecule has 0 radical (unpaired) electrons. The molecule has 2 aromatic rings. The second-order valence-electron chi connectivity index (χ2n) is 7.06. The van der Waals surface area contributed by atoms with Gasteiger partial charge >= 0.3 is 0 Å². The molecular formula is C21H29N3O3S. The molecule has 2 amide bonds. The zero-order valence-electron chi connectivity index (χ0n) is 17.2. The minimum Gasteiger partial charge on any atom is -0.497 e. The number of thiophene rings is 1. The molecule has 0 aliphatic rings. The van der Waals surface area contributed by atoms with Crippen LogP contribution >= 0.6 is 11.3 Å². The molecule has 0 spiro atoms. The lowest BCUT2D eigenvalue weighted by atomic mass is 10.2. The first-order valence-corrected chi connectivity index (χ1v) is 10.1. The zero-order valence-corrected chi connectivity index (χ0v) is 18.0. The Bertz CT molecular complexity index is 804. The molecule has 0 saturated carbocycles. The Morgan fingerprint density at radius 3 is 2.57 bits per heavy atom. The second kappa shape index (κ2) is 10.2. The van der Waals surface area contributed by atoms with Gasteiger partial charge < -0.3 is 15.0 Å². The molecule has 28 heavy (non-hydrogen) atoms. The maximum Gasteiger partial charge on any atom is 0.243 e. The minimum atomic E-state index is -0.241. The van der Waals surface area contributed by atoms with Gasteiger partial charge in [-0.15, -0.1) is 11.3 Å². The van der Waals surface area contributed by atoms with E-state index in [1.807, 2.05) is 0 Å². The Kier molecular flexibility index (Phi) is 8.02. The van der Waals surface area contributed by atoms with E-state index in [9.17, 15) is 9.59 Å². The van der Waals surface area contributed by atoms with Crippen LogP contribution in [-0.4, -0.2) is 54.9 Å². The SMILES string of the molecule is COc1cccc(NC(=O)CN(C)C(=O)CN(Cc2sccc2C)C(C)C)c1. The molecule has 0 aliphatic heterocycles. The highest BCUT2D eigenvalue weighted by Gasteiger charge is 2.20. The number of rotatable bonds is 9. The van der Waals surface area contributed by atoms with E-state index in [4.69, 9.17) is 4.74 Å². The predicted octanol–water partition coefficient (Wildman–Crippen LogP) is 3.37. The van der Waals surface area contributed by atoms with Crippen LogP contribution < -0.4 is 10.1 Å². The van der Waals surface area contributed by atoms with Gasteiger partial charge in [-0.3, -0.25) is 14.5 Å². The number of nitrogens with zero attached hydrogens (tertiary/aromatic N) is 2. The predicted molar refractivity (Wildman–Crippen MR) is 114 cm³/mol. The third kappa shape index (κ3) is 6.35. The summed E-state index contributed by atoms with van der Waals surface area (Å²) in [5, 5.41) is 4.87. The fraction of sp³-hybridized carbons (Fsp3) is 0.429. The number of ether oxygens (including phenoxy) is 1. The lowest BCUT2D eigenvalue weighted by molar-refractivity contribution is -0.134. The number of carbonyl (C=O) groups is 2. The maximum atomic E-state index is 12.6. The summed E-state index contributed by atoms with van der Waals surface area (Å²) in [6, 6.07) is 9.45. The van der Waals surface area contributed by atoms with Gasteiger partial charge in [0.1, 0.15) is 5.75 Å². The van der Waals surface area contributed by atoms with Crippen molar-refractivity contribution in [2.24, 2.45) is 0 Å². The van der Waals surface area contributed by atoms with E-state index in [1.165, 1.54) is 15.3 Å². The number of methoxy groups -OCH3 is 1. The van der Waals surface area contributed by atoms with E-state index in [0.29, 0.717) is 11.4 Å². The van der Waals surface area contributed by atoms with Crippen molar-refractivity contribution in [3.63, 3.8) is 0 Å². The standard InChI is InChI=1S/C21H29N3O3S/c1-15(2)24(12-19-16(3)9-10-28-19)14-21(26)23(4)13-20(25)22-17-7-6-8-18(11-17)27-5/h6-11,15H,12-14H2,1-5H3,(H,22,25). The van der Waals surface area contributed by atoms with Crippen molar-refractivity contribution in [2.45, 2.75) is 33.4 Å². The topological polar surface area (TPSA) is 61.9 Å². The monoisotopic (exact) mass is 403 g/mol. The number of amides is 2. The minimum absolute atomic E-state index is 0.00000803. The first-order chi connectivity index (χ1) is 13.3. The number of hydrogen-bond acceptors (Lipinski definition) is 5. The van der Waals surface area contributed by atoms with Gasteiger partial charge in [0.15, 0.2) is 0 Å².